The average Bonchev–Trinajstić information content (AvgIpc) is 2.50. The summed E-state index contributed by atoms with van der Waals surface area (Å²) in [7, 11) is 1.32. The number of fused-ring (bicyclic) bond motifs is 1. The van der Waals surface area contributed by atoms with Crippen molar-refractivity contribution in [1.29, 1.82) is 0 Å². The summed E-state index contributed by atoms with van der Waals surface area (Å²) in [5, 5.41) is 6.39. The van der Waals surface area contributed by atoms with Crippen LogP contribution in [0, 0.1) is 0 Å². The smallest absolute Gasteiger partial charge is 0.330 e. The number of methoxy groups -OCH3 is 1. The van der Waals surface area contributed by atoms with Crippen LogP contribution >= 0.6 is 0 Å². The van der Waals surface area contributed by atoms with Gasteiger partial charge in [-0.1, -0.05) is 25.1 Å². The molecule has 0 fully saturated rings. The Bertz CT molecular complexity index is 665. The minimum Gasteiger partial charge on any atom is -0.466 e. The summed E-state index contributed by atoms with van der Waals surface area (Å²) < 4.78 is 4.55. The number of hydrogen-bond donors (Lipinski definition) is 2. The Morgan fingerprint density at radius 1 is 1.42 bits per heavy atom. The molecule has 0 aromatic heterocycles. The van der Waals surface area contributed by atoms with E-state index in [9.17, 15) is 9.59 Å². The van der Waals surface area contributed by atoms with Crippen molar-refractivity contribution in [2.75, 3.05) is 12.4 Å². The van der Waals surface area contributed by atoms with Crippen molar-refractivity contribution in [1.82, 2.24) is 5.32 Å². The summed E-state index contributed by atoms with van der Waals surface area (Å²) in [6, 6.07) is 5.53. The van der Waals surface area contributed by atoms with Gasteiger partial charge < -0.3 is 15.4 Å². The molecule has 0 saturated carbocycles. The molecule has 1 aliphatic rings. The average molecular weight is 330 g/mol. The molecule has 0 aliphatic carbocycles. The predicted molar refractivity (Wildman–Crippen MR) is 95.3 cm³/mol. The number of hydrogen-bond acceptors (Lipinski definition) is 4. The molecule has 2 atom stereocenters. The first-order valence-corrected chi connectivity index (χ1v) is 8.21. The number of anilines is 1. The fourth-order valence-electron chi connectivity index (χ4n) is 3.20. The lowest BCUT2D eigenvalue weighted by Gasteiger charge is -2.38. The highest BCUT2D eigenvalue weighted by atomic mass is 16.5. The Balaban J connectivity index is 2.21. The molecule has 0 unspecified atom stereocenters. The Labute approximate surface area is 143 Å². The molecule has 2 rings (SSSR count). The van der Waals surface area contributed by atoms with E-state index in [1.165, 1.54) is 18.7 Å². The van der Waals surface area contributed by atoms with Crippen LogP contribution in [-0.4, -0.2) is 30.6 Å². The lowest BCUT2D eigenvalue weighted by atomic mass is 9.81. The molecule has 5 heteroatoms. The number of benzene rings is 1. The second-order valence-corrected chi connectivity index (χ2v) is 7.03. The number of amides is 1. The van der Waals surface area contributed by atoms with Crippen molar-refractivity contribution in [2.45, 2.75) is 51.6 Å². The van der Waals surface area contributed by atoms with E-state index in [1.807, 2.05) is 19.1 Å². The minimum atomic E-state index is -0.439. The van der Waals surface area contributed by atoms with Gasteiger partial charge in [-0.05, 0) is 44.7 Å². The van der Waals surface area contributed by atoms with Crippen LogP contribution in [0.4, 0.5) is 5.69 Å². The summed E-state index contributed by atoms with van der Waals surface area (Å²) in [5.74, 6) is -0.211. The second kappa shape index (κ2) is 7.07. The maximum absolute atomic E-state index is 12.7. The molecule has 0 saturated heterocycles. The molecule has 0 bridgehead atoms. The Hall–Kier alpha value is -2.30. The largest absolute Gasteiger partial charge is 0.466 e. The third kappa shape index (κ3) is 4.16. The first-order chi connectivity index (χ1) is 11.2. The lowest BCUT2D eigenvalue weighted by molar-refractivity contribution is -0.134. The zero-order valence-corrected chi connectivity index (χ0v) is 15.0. The fourth-order valence-corrected chi connectivity index (χ4v) is 3.20. The molecule has 24 heavy (non-hydrogen) atoms. The van der Waals surface area contributed by atoms with Gasteiger partial charge in [-0.25, -0.2) is 4.79 Å². The molecular formula is C19H26N2O3. The number of ether oxygens (including phenoxy) is 1. The molecule has 0 radical (unpaired) electrons. The SMILES string of the molecule is COC(=O)/C=C/[C@H](C)NC(=O)c1cccc2c1NC(C)(C)C[C@H]2C. The monoisotopic (exact) mass is 330 g/mol. The maximum atomic E-state index is 12.7. The molecule has 1 aromatic rings. The molecule has 0 spiro atoms. The van der Waals surface area contributed by atoms with Crippen LogP contribution in [0.5, 0.6) is 0 Å². The van der Waals surface area contributed by atoms with Gasteiger partial charge in [0.1, 0.15) is 0 Å². The Morgan fingerprint density at radius 3 is 2.79 bits per heavy atom. The van der Waals surface area contributed by atoms with Gasteiger partial charge in [0.2, 0.25) is 0 Å². The van der Waals surface area contributed by atoms with Gasteiger partial charge in [-0.15, -0.1) is 0 Å². The molecule has 1 aliphatic heterocycles. The van der Waals surface area contributed by atoms with Crippen molar-refractivity contribution in [3.8, 4) is 0 Å². The van der Waals surface area contributed by atoms with Gasteiger partial charge in [0.05, 0.1) is 18.4 Å². The standard InChI is InChI=1S/C19H26N2O3/c1-12-11-19(3,4)21-17-14(12)7-6-8-15(17)18(23)20-13(2)9-10-16(22)24-5/h6-10,12-13,21H,11H2,1-5H3,(H,20,23)/b10-9+/t12-,13+/m1/s1. The number of esters is 1. The molecule has 1 aromatic carbocycles. The van der Waals surface area contributed by atoms with E-state index in [1.54, 1.807) is 6.08 Å². The topological polar surface area (TPSA) is 67.4 Å². The van der Waals surface area contributed by atoms with Crippen LogP contribution in [0.25, 0.3) is 0 Å². The maximum Gasteiger partial charge on any atom is 0.330 e. The van der Waals surface area contributed by atoms with Gasteiger partial charge in [-0.3, -0.25) is 4.79 Å². The van der Waals surface area contributed by atoms with E-state index >= 15 is 0 Å². The number of carbonyl (C=O) groups excluding carboxylic acids is 2. The predicted octanol–water partition coefficient (Wildman–Crippen LogP) is 3.23. The third-order valence-electron chi connectivity index (χ3n) is 4.23. The van der Waals surface area contributed by atoms with Crippen molar-refractivity contribution in [2.24, 2.45) is 0 Å². The van der Waals surface area contributed by atoms with Crippen LogP contribution in [0.1, 0.15) is 56.0 Å². The van der Waals surface area contributed by atoms with E-state index < -0.39 is 5.97 Å². The molecule has 2 N–H and O–H groups in total. The molecule has 130 valence electrons. The number of nitrogens with one attached hydrogen (secondary N) is 2. The Morgan fingerprint density at radius 2 is 2.12 bits per heavy atom. The third-order valence-corrected chi connectivity index (χ3v) is 4.23. The van der Waals surface area contributed by atoms with Crippen LogP contribution in [0.3, 0.4) is 0 Å². The minimum absolute atomic E-state index is 0.0563. The molecule has 1 heterocycles. The van der Waals surface area contributed by atoms with Crippen LogP contribution in [0.15, 0.2) is 30.4 Å². The summed E-state index contributed by atoms with van der Waals surface area (Å²) in [6.45, 7) is 8.28. The van der Waals surface area contributed by atoms with Crippen molar-refractivity contribution >= 4 is 17.6 Å². The van der Waals surface area contributed by atoms with Gasteiger partial charge in [-0.2, -0.15) is 0 Å². The molecule has 5 nitrogen and oxygen atoms in total. The number of rotatable bonds is 4. The van der Waals surface area contributed by atoms with E-state index in [2.05, 4.69) is 42.2 Å². The van der Waals surface area contributed by atoms with Crippen LogP contribution in [0.2, 0.25) is 0 Å². The van der Waals surface area contributed by atoms with Crippen molar-refractivity contribution in [3.63, 3.8) is 0 Å². The second-order valence-electron chi connectivity index (χ2n) is 7.03. The normalized spacial score (nSPS) is 20.0. The van der Waals surface area contributed by atoms with Gasteiger partial charge in [0.25, 0.3) is 5.91 Å². The zero-order valence-electron chi connectivity index (χ0n) is 15.0. The zero-order chi connectivity index (χ0) is 17.9. The fraction of sp³-hybridized carbons (Fsp3) is 0.474. The van der Waals surface area contributed by atoms with Crippen LogP contribution < -0.4 is 10.6 Å². The van der Waals surface area contributed by atoms with E-state index in [0.29, 0.717) is 11.5 Å². The molecule has 1 amide bonds. The first kappa shape index (κ1) is 18.0. The Kier molecular flexibility index (Phi) is 5.32. The summed E-state index contributed by atoms with van der Waals surface area (Å²) in [4.78, 5) is 23.8. The summed E-state index contributed by atoms with van der Waals surface area (Å²) >= 11 is 0. The first-order valence-electron chi connectivity index (χ1n) is 8.21. The summed E-state index contributed by atoms with van der Waals surface area (Å²) in [6.07, 6.45) is 3.94. The highest BCUT2D eigenvalue weighted by Crippen LogP contribution is 2.40. The number of para-hydroxylation sites is 1. The molecular weight excluding hydrogens is 304 g/mol. The van der Waals surface area contributed by atoms with Gasteiger partial charge in [0.15, 0.2) is 0 Å². The van der Waals surface area contributed by atoms with Gasteiger partial charge in [0, 0.05) is 17.7 Å². The lowest BCUT2D eigenvalue weighted by Crippen LogP contribution is -2.39. The highest BCUT2D eigenvalue weighted by Gasteiger charge is 2.31. The quantitative estimate of drug-likeness (QED) is 0.657. The van der Waals surface area contributed by atoms with E-state index in [0.717, 1.165) is 12.1 Å². The van der Waals surface area contributed by atoms with Crippen molar-refractivity contribution in [3.05, 3.63) is 41.5 Å². The van der Waals surface area contributed by atoms with Crippen LogP contribution in [-0.2, 0) is 9.53 Å². The highest BCUT2D eigenvalue weighted by molar-refractivity contribution is 6.01. The van der Waals surface area contributed by atoms with Crippen molar-refractivity contribution < 1.29 is 14.3 Å². The number of carbonyl (C=O) groups is 2. The summed E-state index contributed by atoms with van der Waals surface area (Å²) in [5.41, 5.74) is 2.65. The van der Waals surface area contributed by atoms with Gasteiger partial charge >= 0.3 is 5.97 Å². The van der Waals surface area contributed by atoms with E-state index in [-0.39, 0.29) is 17.5 Å². The van der Waals surface area contributed by atoms with E-state index in [4.69, 9.17) is 0 Å².